The number of nitrogens with one attached hydrogen (secondary N) is 2. The summed E-state index contributed by atoms with van der Waals surface area (Å²) in [6.07, 6.45) is 4.42. The third-order valence-corrected chi connectivity index (χ3v) is 4.53. The fourth-order valence-electron chi connectivity index (χ4n) is 3.23. The fraction of sp³-hybridized carbons (Fsp3) is 0.389. The number of aromatic nitrogens is 2. The molecule has 0 bridgehead atoms. The molecule has 9 nitrogen and oxygen atoms in total. The molecule has 2 heterocycles. The molecule has 1 aromatic carbocycles. The minimum absolute atomic E-state index is 0.128. The van der Waals surface area contributed by atoms with Gasteiger partial charge in [0.05, 0.1) is 4.92 Å². The van der Waals surface area contributed by atoms with Gasteiger partial charge in [0, 0.05) is 30.9 Å². The molecule has 1 aliphatic heterocycles. The van der Waals surface area contributed by atoms with Crippen LogP contribution in [0.5, 0.6) is 0 Å². The minimum Gasteiger partial charge on any atom is -0.348 e. The molecule has 1 unspecified atom stereocenters. The number of hydrogen-bond acceptors (Lipinski definition) is 7. The molecular weight excluding hydrogens is 348 g/mol. The Balaban J connectivity index is 1.90. The molecule has 1 amide bonds. The maximum Gasteiger partial charge on any atom is 0.353 e. The van der Waals surface area contributed by atoms with Crippen LogP contribution in [0.2, 0.25) is 0 Å². The van der Waals surface area contributed by atoms with Gasteiger partial charge in [0.2, 0.25) is 17.5 Å². The van der Waals surface area contributed by atoms with Gasteiger partial charge in [-0.25, -0.2) is 9.97 Å². The van der Waals surface area contributed by atoms with E-state index < -0.39 is 4.92 Å². The molecule has 0 spiro atoms. The van der Waals surface area contributed by atoms with Crippen molar-refractivity contribution < 1.29 is 9.72 Å². The molecule has 3 rings (SSSR count). The van der Waals surface area contributed by atoms with Crippen molar-refractivity contribution in [3.05, 3.63) is 40.7 Å². The molecule has 9 heteroatoms. The van der Waals surface area contributed by atoms with Crippen molar-refractivity contribution in [1.29, 1.82) is 0 Å². The van der Waals surface area contributed by atoms with Crippen molar-refractivity contribution in [3.63, 3.8) is 0 Å². The van der Waals surface area contributed by atoms with Gasteiger partial charge >= 0.3 is 5.69 Å². The van der Waals surface area contributed by atoms with E-state index in [0.29, 0.717) is 17.2 Å². The fourth-order valence-corrected chi connectivity index (χ4v) is 3.23. The summed E-state index contributed by atoms with van der Waals surface area (Å²) in [5.74, 6) is 0.331. The molecule has 1 aliphatic rings. The van der Waals surface area contributed by atoms with E-state index in [1.165, 1.54) is 13.3 Å². The van der Waals surface area contributed by atoms with Crippen LogP contribution in [0.15, 0.2) is 30.6 Å². The van der Waals surface area contributed by atoms with E-state index in [2.05, 4.69) is 27.5 Å². The zero-order valence-corrected chi connectivity index (χ0v) is 15.3. The molecule has 0 saturated carbocycles. The summed E-state index contributed by atoms with van der Waals surface area (Å²) >= 11 is 0. The van der Waals surface area contributed by atoms with E-state index in [4.69, 9.17) is 0 Å². The molecular formula is C18H22N6O3. The number of hydrogen-bond donors (Lipinski definition) is 2. The Hall–Kier alpha value is -3.23. The number of benzene rings is 1. The molecule has 1 atom stereocenters. The summed E-state index contributed by atoms with van der Waals surface area (Å²) in [6.45, 7) is 4.22. The highest BCUT2D eigenvalue weighted by atomic mass is 16.6. The molecule has 142 valence electrons. The number of piperidine rings is 1. The average molecular weight is 370 g/mol. The second-order valence-corrected chi connectivity index (χ2v) is 6.57. The van der Waals surface area contributed by atoms with E-state index in [1.807, 2.05) is 4.90 Å². The van der Waals surface area contributed by atoms with Crippen LogP contribution in [0.4, 0.5) is 28.7 Å². The number of anilines is 4. The molecule has 2 aromatic rings. The van der Waals surface area contributed by atoms with Gasteiger partial charge in [-0.3, -0.25) is 14.9 Å². The van der Waals surface area contributed by atoms with Crippen LogP contribution in [0, 0.1) is 10.1 Å². The molecule has 1 aromatic heterocycles. The van der Waals surface area contributed by atoms with Crippen molar-refractivity contribution in [1.82, 2.24) is 9.97 Å². The average Bonchev–Trinajstić information content (AvgIpc) is 2.63. The van der Waals surface area contributed by atoms with Crippen LogP contribution in [0.3, 0.4) is 0 Å². The maximum absolute atomic E-state index is 11.8. The Labute approximate surface area is 157 Å². The summed E-state index contributed by atoms with van der Waals surface area (Å²) in [7, 11) is 0. The Morgan fingerprint density at radius 3 is 2.56 bits per heavy atom. The predicted molar refractivity (Wildman–Crippen MR) is 103 cm³/mol. The van der Waals surface area contributed by atoms with Crippen molar-refractivity contribution in [2.75, 3.05) is 22.1 Å². The highest BCUT2D eigenvalue weighted by molar-refractivity contribution is 5.89. The Morgan fingerprint density at radius 1 is 1.22 bits per heavy atom. The zero-order chi connectivity index (χ0) is 19.4. The quantitative estimate of drug-likeness (QED) is 0.612. The molecule has 1 saturated heterocycles. The first-order chi connectivity index (χ1) is 13.0. The smallest absolute Gasteiger partial charge is 0.348 e. The zero-order valence-electron chi connectivity index (χ0n) is 15.3. The van der Waals surface area contributed by atoms with Crippen LogP contribution in [0.1, 0.15) is 33.1 Å². The third-order valence-electron chi connectivity index (χ3n) is 4.53. The lowest BCUT2D eigenvalue weighted by molar-refractivity contribution is -0.383. The number of carbonyl (C=O) groups is 1. The summed E-state index contributed by atoms with van der Waals surface area (Å²) in [5, 5.41) is 17.4. The second-order valence-electron chi connectivity index (χ2n) is 6.57. The van der Waals surface area contributed by atoms with Gasteiger partial charge in [0.1, 0.15) is 6.33 Å². The highest BCUT2D eigenvalue weighted by Gasteiger charge is 2.30. The predicted octanol–water partition coefficient (Wildman–Crippen LogP) is 3.47. The van der Waals surface area contributed by atoms with Crippen molar-refractivity contribution in [2.45, 2.75) is 39.2 Å². The number of amides is 1. The van der Waals surface area contributed by atoms with E-state index in [0.717, 1.165) is 25.8 Å². The van der Waals surface area contributed by atoms with Gasteiger partial charge in [0.15, 0.2) is 0 Å². The standard InChI is InChI=1S/C18H22N6O3/c1-12-5-3-4-10-23(12)18-16(24(26)27)17(19-11-20-18)22-15-8-6-14(7-9-15)21-13(2)25/h6-9,11-12H,3-5,10H2,1-2H3,(H,21,25)(H,19,20,22). The number of rotatable bonds is 5. The first-order valence-electron chi connectivity index (χ1n) is 8.86. The first kappa shape index (κ1) is 18.6. The molecule has 2 N–H and O–H groups in total. The number of nitro groups is 1. The van der Waals surface area contributed by atoms with Gasteiger partial charge in [-0.15, -0.1) is 0 Å². The van der Waals surface area contributed by atoms with Crippen LogP contribution in [-0.2, 0) is 4.79 Å². The minimum atomic E-state index is -0.440. The lowest BCUT2D eigenvalue weighted by Crippen LogP contribution is -2.38. The van der Waals surface area contributed by atoms with Crippen molar-refractivity contribution in [2.24, 2.45) is 0 Å². The molecule has 1 fully saturated rings. The van der Waals surface area contributed by atoms with Crippen LogP contribution < -0.4 is 15.5 Å². The Bertz CT molecular complexity index is 839. The summed E-state index contributed by atoms with van der Waals surface area (Å²) < 4.78 is 0. The van der Waals surface area contributed by atoms with Crippen molar-refractivity contribution in [3.8, 4) is 0 Å². The van der Waals surface area contributed by atoms with Gasteiger partial charge in [-0.1, -0.05) is 0 Å². The SMILES string of the molecule is CC(=O)Nc1ccc(Nc2ncnc(N3CCCCC3C)c2[N+](=O)[O-])cc1. The largest absolute Gasteiger partial charge is 0.353 e. The maximum atomic E-state index is 11.8. The topological polar surface area (TPSA) is 113 Å². The molecule has 27 heavy (non-hydrogen) atoms. The summed E-state index contributed by atoms with van der Waals surface area (Å²) in [5.41, 5.74) is 1.15. The normalized spacial score (nSPS) is 16.7. The van der Waals surface area contributed by atoms with Gasteiger partial charge in [0.25, 0.3) is 0 Å². The van der Waals surface area contributed by atoms with Crippen LogP contribution >= 0.6 is 0 Å². The Kier molecular flexibility index (Phi) is 5.49. The second kappa shape index (κ2) is 7.98. The Morgan fingerprint density at radius 2 is 1.93 bits per heavy atom. The van der Waals surface area contributed by atoms with E-state index in [-0.39, 0.29) is 23.5 Å². The van der Waals surface area contributed by atoms with E-state index >= 15 is 0 Å². The highest BCUT2D eigenvalue weighted by Crippen LogP contribution is 2.36. The van der Waals surface area contributed by atoms with Gasteiger partial charge in [-0.2, -0.15) is 0 Å². The molecule has 0 radical (unpaired) electrons. The van der Waals surface area contributed by atoms with E-state index in [1.54, 1.807) is 24.3 Å². The number of carbonyl (C=O) groups excluding carboxylic acids is 1. The lowest BCUT2D eigenvalue weighted by atomic mass is 10.0. The number of nitrogens with zero attached hydrogens (tertiary/aromatic N) is 4. The first-order valence-corrected chi connectivity index (χ1v) is 8.86. The van der Waals surface area contributed by atoms with Gasteiger partial charge < -0.3 is 15.5 Å². The summed E-state index contributed by atoms with van der Waals surface area (Å²) in [6, 6.07) is 7.06. The van der Waals surface area contributed by atoms with Gasteiger partial charge in [-0.05, 0) is 50.5 Å². The van der Waals surface area contributed by atoms with Crippen molar-refractivity contribution >= 4 is 34.6 Å². The lowest BCUT2D eigenvalue weighted by Gasteiger charge is -2.33. The third kappa shape index (κ3) is 4.30. The van der Waals surface area contributed by atoms with Crippen LogP contribution in [-0.4, -0.2) is 33.4 Å². The summed E-state index contributed by atoms with van der Waals surface area (Å²) in [4.78, 5) is 32.7. The van der Waals surface area contributed by atoms with E-state index in [9.17, 15) is 14.9 Å². The monoisotopic (exact) mass is 370 g/mol. The van der Waals surface area contributed by atoms with Crippen LogP contribution in [0.25, 0.3) is 0 Å². The molecule has 0 aliphatic carbocycles.